The van der Waals surface area contributed by atoms with Crippen LogP contribution in [0.15, 0.2) is 18.2 Å². The van der Waals surface area contributed by atoms with Gasteiger partial charge in [0, 0.05) is 6.54 Å². The first kappa shape index (κ1) is 14.8. The first-order valence-corrected chi connectivity index (χ1v) is 5.97. The van der Waals surface area contributed by atoms with Crippen LogP contribution in [-0.2, 0) is 4.74 Å². The average molecular weight is 266 g/mol. The van der Waals surface area contributed by atoms with Crippen molar-refractivity contribution in [2.24, 2.45) is 0 Å². The van der Waals surface area contributed by atoms with E-state index in [9.17, 15) is 9.59 Å². The standard InChI is InChI=1S/C13H18N2O4/c1-4-15(13(18)19-8(2)3)11-6-5-9(12(16)17)7-10(11)14/h5-8H,4,14H2,1-3H3,(H,16,17). The molecule has 0 bridgehead atoms. The van der Waals surface area contributed by atoms with Crippen LogP contribution in [0, 0.1) is 0 Å². The van der Waals surface area contributed by atoms with Crippen molar-refractivity contribution in [2.75, 3.05) is 17.2 Å². The molecule has 0 atom stereocenters. The van der Waals surface area contributed by atoms with Gasteiger partial charge in [0.15, 0.2) is 0 Å². The first-order chi connectivity index (χ1) is 8.86. The molecule has 1 aromatic carbocycles. The van der Waals surface area contributed by atoms with E-state index >= 15 is 0 Å². The quantitative estimate of drug-likeness (QED) is 0.816. The third-order valence-electron chi connectivity index (χ3n) is 2.44. The molecule has 0 saturated carbocycles. The second kappa shape index (κ2) is 6.08. The minimum Gasteiger partial charge on any atom is -0.478 e. The van der Waals surface area contributed by atoms with Gasteiger partial charge < -0.3 is 15.6 Å². The number of ether oxygens (including phenoxy) is 1. The summed E-state index contributed by atoms with van der Waals surface area (Å²) in [6.07, 6.45) is -0.742. The Labute approximate surface area is 111 Å². The number of carboxylic acids is 1. The normalized spacial score (nSPS) is 10.3. The van der Waals surface area contributed by atoms with Crippen molar-refractivity contribution >= 4 is 23.4 Å². The maximum absolute atomic E-state index is 11.9. The molecule has 6 heteroatoms. The Balaban J connectivity index is 3.05. The van der Waals surface area contributed by atoms with Gasteiger partial charge in [-0.25, -0.2) is 9.59 Å². The van der Waals surface area contributed by atoms with Crippen molar-refractivity contribution in [2.45, 2.75) is 26.9 Å². The van der Waals surface area contributed by atoms with Gasteiger partial charge in [0.1, 0.15) is 0 Å². The average Bonchev–Trinajstić information content (AvgIpc) is 2.30. The number of benzene rings is 1. The van der Waals surface area contributed by atoms with Crippen LogP contribution >= 0.6 is 0 Å². The Morgan fingerprint density at radius 3 is 2.47 bits per heavy atom. The lowest BCUT2D eigenvalue weighted by molar-refractivity contribution is 0.0697. The molecule has 1 rings (SSSR count). The van der Waals surface area contributed by atoms with E-state index < -0.39 is 12.1 Å². The molecule has 0 heterocycles. The highest BCUT2D eigenvalue weighted by atomic mass is 16.6. The van der Waals surface area contributed by atoms with Crippen LogP contribution in [-0.4, -0.2) is 29.8 Å². The van der Waals surface area contributed by atoms with Crippen LogP contribution in [0.5, 0.6) is 0 Å². The van der Waals surface area contributed by atoms with Crippen molar-refractivity contribution in [1.82, 2.24) is 0 Å². The summed E-state index contributed by atoms with van der Waals surface area (Å²) in [5.74, 6) is -1.06. The number of nitrogens with zero attached hydrogens (tertiary/aromatic N) is 1. The summed E-state index contributed by atoms with van der Waals surface area (Å²) in [7, 11) is 0. The van der Waals surface area contributed by atoms with Crippen LogP contribution < -0.4 is 10.6 Å². The van der Waals surface area contributed by atoms with Crippen molar-refractivity contribution < 1.29 is 19.4 Å². The Hall–Kier alpha value is -2.24. The highest BCUT2D eigenvalue weighted by Crippen LogP contribution is 2.25. The van der Waals surface area contributed by atoms with Gasteiger partial charge in [-0.15, -0.1) is 0 Å². The second-order valence-corrected chi connectivity index (χ2v) is 4.26. The molecule has 0 aromatic heterocycles. The molecular formula is C13H18N2O4. The molecule has 6 nitrogen and oxygen atoms in total. The number of nitrogen functional groups attached to an aromatic ring is 1. The summed E-state index contributed by atoms with van der Waals surface area (Å²) in [6.45, 7) is 5.67. The van der Waals surface area contributed by atoms with E-state index in [1.807, 2.05) is 0 Å². The Morgan fingerprint density at radius 1 is 1.42 bits per heavy atom. The van der Waals surface area contributed by atoms with Crippen molar-refractivity contribution in [3.8, 4) is 0 Å². The summed E-state index contributed by atoms with van der Waals surface area (Å²) in [6, 6.07) is 4.23. The molecular weight excluding hydrogens is 248 g/mol. The lowest BCUT2D eigenvalue weighted by atomic mass is 10.1. The number of anilines is 2. The lowest BCUT2D eigenvalue weighted by Gasteiger charge is -2.23. The number of carbonyl (C=O) groups is 2. The fraction of sp³-hybridized carbons (Fsp3) is 0.385. The molecule has 0 aliphatic carbocycles. The SMILES string of the molecule is CCN(C(=O)OC(C)C)c1ccc(C(=O)O)cc1N. The molecule has 0 aliphatic rings. The number of carboxylic acid groups (broad SMARTS) is 1. The fourth-order valence-electron chi connectivity index (χ4n) is 1.60. The summed E-state index contributed by atoms with van der Waals surface area (Å²) >= 11 is 0. The van der Waals surface area contributed by atoms with E-state index in [0.29, 0.717) is 12.2 Å². The number of hydrogen-bond donors (Lipinski definition) is 2. The van der Waals surface area contributed by atoms with Gasteiger partial charge in [-0.05, 0) is 39.0 Å². The van der Waals surface area contributed by atoms with Crippen molar-refractivity contribution in [1.29, 1.82) is 0 Å². The van der Waals surface area contributed by atoms with E-state index in [4.69, 9.17) is 15.6 Å². The summed E-state index contributed by atoms with van der Waals surface area (Å²) in [5, 5.41) is 8.86. The molecule has 0 spiro atoms. The van der Waals surface area contributed by atoms with E-state index in [1.165, 1.54) is 23.1 Å². The first-order valence-electron chi connectivity index (χ1n) is 5.97. The molecule has 3 N–H and O–H groups in total. The van der Waals surface area contributed by atoms with Crippen LogP contribution in [0.25, 0.3) is 0 Å². The van der Waals surface area contributed by atoms with Gasteiger partial charge in [-0.2, -0.15) is 0 Å². The third kappa shape index (κ3) is 3.61. The molecule has 1 aromatic rings. The predicted molar refractivity (Wildman–Crippen MR) is 72.5 cm³/mol. The Bertz CT molecular complexity index is 486. The van der Waals surface area contributed by atoms with Gasteiger partial charge >= 0.3 is 12.1 Å². The molecule has 0 fully saturated rings. The van der Waals surface area contributed by atoms with Gasteiger partial charge in [-0.3, -0.25) is 4.90 Å². The number of carbonyl (C=O) groups excluding carboxylic acids is 1. The van der Waals surface area contributed by atoms with Gasteiger partial charge in [-0.1, -0.05) is 0 Å². The topological polar surface area (TPSA) is 92.9 Å². The summed E-state index contributed by atoms with van der Waals surface area (Å²) in [5.41, 5.74) is 6.54. The number of nitrogens with two attached hydrogens (primary N) is 1. The summed E-state index contributed by atoms with van der Waals surface area (Å²) < 4.78 is 5.11. The van der Waals surface area contributed by atoms with Gasteiger partial charge in [0.2, 0.25) is 0 Å². The highest BCUT2D eigenvalue weighted by molar-refractivity contribution is 5.95. The number of hydrogen-bond acceptors (Lipinski definition) is 4. The minimum absolute atomic E-state index is 0.0783. The van der Waals surface area contributed by atoms with Gasteiger partial charge in [0.05, 0.1) is 23.0 Å². The highest BCUT2D eigenvalue weighted by Gasteiger charge is 2.19. The molecule has 0 unspecified atom stereocenters. The maximum Gasteiger partial charge on any atom is 0.414 e. The summed E-state index contributed by atoms with van der Waals surface area (Å²) in [4.78, 5) is 24.1. The van der Waals surface area contributed by atoms with E-state index in [2.05, 4.69) is 0 Å². The van der Waals surface area contributed by atoms with E-state index in [-0.39, 0.29) is 17.4 Å². The minimum atomic E-state index is -1.06. The van der Waals surface area contributed by atoms with Crippen molar-refractivity contribution in [3.05, 3.63) is 23.8 Å². The number of rotatable bonds is 4. The van der Waals surface area contributed by atoms with Gasteiger partial charge in [0.25, 0.3) is 0 Å². The number of aromatic carboxylic acids is 1. The smallest absolute Gasteiger partial charge is 0.414 e. The number of amides is 1. The zero-order valence-corrected chi connectivity index (χ0v) is 11.2. The van der Waals surface area contributed by atoms with Crippen LogP contribution in [0.4, 0.5) is 16.2 Å². The van der Waals surface area contributed by atoms with E-state index in [0.717, 1.165) is 0 Å². The molecule has 0 radical (unpaired) electrons. The third-order valence-corrected chi connectivity index (χ3v) is 2.44. The fourth-order valence-corrected chi connectivity index (χ4v) is 1.60. The Kier molecular flexibility index (Phi) is 4.74. The zero-order chi connectivity index (χ0) is 14.6. The maximum atomic E-state index is 11.9. The van der Waals surface area contributed by atoms with Crippen LogP contribution in [0.1, 0.15) is 31.1 Å². The zero-order valence-electron chi connectivity index (χ0n) is 11.2. The molecule has 19 heavy (non-hydrogen) atoms. The molecule has 0 saturated heterocycles. The lowest BCUT2D eigenvalue weighted by Crippen LogP contribution is -2.33. The Morgan fingerprint density at radius 2 is 2.05 bits per heavy atom. The molecule has 1 amide bonds. The van der Waals surface area contributed by atoms with Crippen LogP contribution in [0.2, 0.25) is 0 Å². The predicted octanol–water partition coefficient (Wildman–Crippen LogP) is 2.34. The molecule has 0 aliphatic heterocycles. The van der Waals surface area contributed by atoms with E-state index in [1.54, 1.807) is 20.8 Å². The molecule has 104 valence electrons. The monoisotopic (exact) mass is 266 g/mol. The largest absolute Gasteiger partial charge is 0.478 e. The van der Waals surface area contributed by atoms with Crippen LogP contribution in [0.3, 0.4) is 0 Å². The van der Waals surface area contributed by atoms with Crippen molar-refractivity contribution in [3.63, 3.8) is 0 Å². The second-order valence-electron chi connectivity index (χ2n) is 4.26.